The maximum Gasteiger partial charge on any atom is 3.00 e. The molecule has 1 radical (unpaired) electrons. The molecule has 3 aliphatic carbocycles. The molecule has 0 bridgehead atoms. The fourth-order valence-electron chi connectivity index (χ4n) is 4.30. The number of hydrogen-bond acceptors (Lipinski definition) is 0. The summed E-state index contributed by atoms with van der Waals surface area (Å²) in [5.41, 5.74) is 6.68. The second-order valence-electron chi connectivity index (χ2n) is 8.49. The minimum atomic E-state index is 0. The second kappa shape index (κ2) is 15.0. The van der Waals surface area contributed by atoms with E-state index in [9.17, 15) is 0 Å². The average molecular weight is 499 g/mol. The van der Waals surface area contributed by atoms with Gasteiger partial charge in [-0.25, -0.2) is 0 Å². The normalized spacial score (nSPS) is 16.9. The number of hydrogen-bond donors (Lipinski definition) is 0. The fourth-order valence-corrected chi connectivity index (χ4v) is 4.30. The summed E-state index contributed by atoms with van der Waals surface area (Å²) in [5.74, 6) is 0.947. The molecule has 5 rings (SSSR count). The van der Waals surface area contributed by atoms with Gasteiger partial charge in [0.25, 0.3) is 0 Å². The van der Waals surface area contributed by atoms with Crippen LogP contribution in [0.3, 0.4) is 0 Å². The van der Waals surface area contributed by atoms with E-state index in [4.69, 9.17) is 0 Å². The van der Waals surface area contributed by atoms with E-state index < -0.39 is 0 Å². The summed E-state index contributed by atoms with van der Waals surface area (Å²) in [4.78, 5) is 0. The van der Waals surface area contributed by atoms with Gasteiger partial charge in [-0.1, -0.05) is 74.8 Å². The molecule has 1 heteroatoms. The van der Waals surface area contributed by atoms with Crippen LogP contribution in [0.5, 0.6) is 0 Å². The molecule has 0 saturated heterocycles. The van der Waals surface area contributed by atoms with E-state index in [1.165, 1.54) is 44.1 Å². The summed E-state index contributed by atoms with van der Waals surface area (Å²) in [6.45, 7) is 7.44. The van der Waals surface area contributed by atoms with E-state index in [0.29, 0.717) is 0 Å². The first-order valence-electron chi connectivity index (χ1n) is 11.6. The van der Waals surface area contributed by atoms with Crippen LogP contribution in [0.25, 0.3) is 0 Å². The minimum absolute atomic E-state index is 0. The predicted octanol–water partition coefficient (Wildman–Crippen LogP) is 8.64. The first-order valence-corrected chi connectivity index (χ1v) is 11.6. The van der Waals surface area contributed by atoms with Crippen LogP contribution in [-0.4, -0.2) is 0 Å². The van der Waals surface area contributed by atoms with Gasteiger partial charge in [0.2, 0.25) is 0 Å². The predicted molar refractivity (Wildman–Crippen MR) is 134 cm³/mol. The Hall–Kier alpha value is -1.98. The van der Waals surface area contributed by atoms with Gasteiger partial charge in [-0.3, -0.25) is 0 Å². The van der Waals surface area contributed by atoms with Gasteiger partial charge in [-0.15, -0.1) is 35.9 Å². The Balaban J connectivity index is 0.000000201. The van der Waals surface area contributed by atoms with E-state index in [2.05, 4.69) is 44.2 Å². The van der Waals surface area contributed by atoms with E-state index >= 15 is 0 Å². The zero-order valence-corrected chi connectivity index (χ0v) is 21.7. The molecule has 2 aromatic rings. The van der Waals surface area contributed by atoms with E-state index in [1.54, 1.807) is 11.1 Å². The van der Waals surface area contributed by atoms with Crippen LogP contribution in [-0.2, 0) is 26.2 Å². The van der Waals surface area contributed by atoms with Crippen molar-refractivity contribution >= 4 is 0 Å². The smallest absolute Gasteiger partial charge is 0.199 e. The fraction of sp³-hybridized carbons (Fsp3) is 0.290. The molecule has 0 heterocycles. The first kappa shape index (κ1) is 26.3. The molecular weight excluding hydrogens is 464 g/mol. The molecule has 0 N–H and O–H groups in total. The summed E-state index contributed by atoms with van der Waals surface area (Å²) >= 11 is 0. The molecule has 0 amide bonds. The zero-order valence-electron chi connectivity index (χ0n) is 19.2. The van der Waals surface area contributed by atoms with Crippen molar-refractivity contribution in [3.8, 4) is 0 Å². The third-order valence-corrected chi connectivity index (χ3v) is 5.97. The van der Waals surface area contributed by atoms with Gasteiger partial charge >= 0.3 is 26.2 Å². The Labute approximate surface area is 215 Å². The van der Waals surface area contributed by atoms with Gasteiger partial charge in [0, 0.05) is 0 Å². The van der Waals surface area contributed by atoms with Crippen molar-refractivity contribution < 1.29 is 26.2 Å². The Bertz CT molecular complexity index is 856. The standard InChI is InChI=1S/C17H21.2C7H7.Zr/c1-2-7-14(8-3-1)13-16-11-6-12-17(16)15-9-4-5-10-15;2*1-7-5-3-2-4-6-7;/h4,6,9,11,14H,1-3,5,7-8,12-13H2;2*2-6H,1H2;/q3*-1;+3. The molecule has 0 unspecified atom stereocenters. The maximum atomic E-state index is 3.72. The first-order chi connectivity index (χ1) is 15.2. The van der Waals surface area contributed by atoms with Crippen molar-refractivity contribution in [1.29, 1.82) is 0 Å². The quantitative estimate of drug-likeness (QED) is 0.371. The minimum Gasteiger partial charge on any atom is -0.199 e. The summed E-state index contributed by atoms with van der Waals surface area (Å²) in [5, 5.41) is 0. The van der Waals surface area contributed by atoms with Crippen molar-refractivity contribution in [2.24, 2.45) is 5.92 Å². The summed E-state index contributed by atoms with van der Waals surface area (Å²) in [7, 11) is 0. The van der Waals surface area contributed by atoms with Crippen molar-refractivity contribution in [2.75, 3.05) is 0 Å². The molecule has 0 atom stereocenters. The van der Waals surface area contributed by atoms with Crippen molar-refractivity contribution in [1.82, 2.24) is 0 Å². The molecule has 2 aromatic carbocycles. The zero-order chi connectivity index (χ0) is 21.7. The van der Waals surface area contributed by atoms with E-state index in [-0.39, 0.29) is 26.2 Å². The maximum absolute atomic E-state index is 3.72. The molecule has 163 valence electrons. The third-order valence-electron chi connectivity index (χ3n) is 5.97. The van der Waals surface area contributed by atoms with Gasteiger partial charge in [0.05, 0.1) is 0 Å². The van der Waals surface area contributed by atoms with Crippen molar-refractivity contribution in [3.05, 3.63) is 133 Å². The van der Waals surface area contributed by atoms with Gasteiger partial charge in [0.15, 0.2) is 0 Å². The van der Waals surface area contributed by atoms with Crippen LogP contribution < -0.4 is 0 Å². The Morgan fingerprint density at radius 3 is 1.81 bits per heavy atom. The Kier molecular flexibility index (Phi) is 12.3. The number of allylic oxidation sites excluding steroid dienone is 8. The molecule has 3 aliphatic rings. The molecular formula is C31H35Zr. The van der Waals surface area contributed by atoms with Crippen molar-refractivity contribution in [2.45, 2.75) is 51.4 Å². The molecule has 0 aliphatic heterocycles. The summed E-state index contributed by atoms with van der Waals surface area (Å²) < 4.78 is 0. The van der Waals surface area contributed by atoms with Crippen LogP contribution >= 0.6 is 0 Å². The summed E-state index contributed by atoms with van der Waals surface area (Å²) in [6.07, 6.45) is 23.3. The number of rotatable bonds is 3. The van der Waals surface area contributed by atoms with E-state index in [1.807, 2.05) is 60.7 Å². The van der Waals surface area contributed by atoms with Gasteiger partial charge < -0.3 is 0 Å². The van der Waals surface area contributed by atoms with Crippen molar-refractivity contribution in [3.63, 3.8) is 0 Å². The van der Waals surface area contributed by atoms with Gasteiger partial charge in [-0.05, 0) is 12.3 Å². The van der Waals surface area contributed by atoms with Crippen LogP contribution in [0.15, 0.2) is 102 Å². The third kappa shape index (κ3) is 9.25. The SMILES string of the molecule is [C-]1=C(C2=C(CC3CCCCC3)C=CC2)C=CC1.[CH2-]c1ccccc1.[CH2-]c1ccccc1.[Zr+3]. The summed E-state index contributed by atoms with van der Waals surface area (Å²) in [6, 6.07) is 19.7. The Morgan fingerprint density at radius 1 is 0.750 bits per heavy atom. The second-order valence-corrected chi connectivity index (χ2v) is 8.49. The molecule has 32 heavy (non-hydrogen) atoms. The Morgan fingerprint density at radius 2 is 1.34 bits per heavy atom. The van der Waals surface area contributed by atoms with E-state index in [0.717, 1.165) is 29.9 Å². The van der Waals surface area contributed by atoms with Crippen LogP contribution in [0.1, 0.15) is 62.5 Å². The largest absolute Gasteiger partial charge is 3.00 e. The molecule has 0 spiro atoms. The topological polar surface area (TPSA) is 0 Å². The molecule has 1 fully saturated rings. The molecule has 0 nitrogen and oxygen atoms in total. The monoisotopic (exact) mass is 497 g/mol. The molecule has 0 aromatic heterocycles. The van der Waals surface area contributed by atoms with Crippen LogP contribution in [0.4, 0.5) is 0 Å². The van der Waals surface area contributed by atoms with Gasteiger partial charge in [-0.2, -0.15) is 67.0 Å². The van der Waals surface area contributed by atoms with Gasteiger partial charge in [0.1, 0.15) is 0 Å². The molecule has 1 saturated carbocycles. The average Bonchev–Trinajstić information content (AvgIpc) is 3.48. The van der Waals surface area contributed by atoms with Crippen LogP contribution in [0, 0.1) is 25.8 Å². The number of benzene rings is 2. The van der Waals surface area contributed by atoms with Crippen LogP contribution in [0.2, 0.25) is 0 Å².